The highest BCUT2D eigenvalue weighted by Crippen LogP contribution is 2.34. The molecule has 1 aromatic carbocycles. The summed E-state index contributed by atoms with van der Waals surface area (Å²) in [5.41, 5.74) is 4.18. The topological polar surface area (TPSA) is 49.3 Å². The lowest BCUT2D eigenvalue weighted by Gasteiger charge is -2.26. The van der Waals surface area contributed by atoms with Gasteiger partial charge < -0.3 is 10.4 Å². The van der Waals surface area contributed by atoms with Crippen LogP contribution in [0.4, 0.5) is 5.69 Å². The van der Waals surface area contributed by atoms with Gasteiger partial charge in [-0.15, -0.1) is 0 Å². The van der Waals surface area contributed by atoms with Crippen molar-refractivity contribution in [2.24, 2.45) is 0 Å². The van der Waals surface area contributed by atoms with Gasteiger partial charge in [-0.1, -0.05) is 17.7 Å². The van der Waals surface area contributed by atoms with Crippen LogP contribution in [0.3, 0.4) is 0 Å². The molecule has 0 aliphatic carbocycles. The van der Waals surface area contributed by atoms with Crippen LogP contribution in [-0.4, -0.2) is 17.6 Å². The lowest BCUT2D eigenvalue weighted by Crippen LogP contribution is -2.25. The standard InChI is InChI=1S/C12H15NO2/c1-7-3-8(2)12-10(4-7)9(6-14)5-11(15)13-12/h3-4,9,14H,5-6H2,1-2H3,(H,13,15). The molecule has 3 nitrogen and oxygen atoms in total. The Labute approximate surface area is 89.1 Å². The van der Waals surface area contributed by atoms with E-state index in [1.165, 1.54) is 5.56 Å². The second-order valence-electron chi connectivity index (χ2n) is 4.18. The number of fused-ring (bicyclic) bond motifs is 1. The number of nitrogens with one attached hydrogen (secondary N) is 1. The molecule has 3 heteroatoms. The third-order valence-corrected chi connectivity index (χ3v) is 2.87. The van der Waals surface area contributed by atoms with E-state index in [0.29, 0.717) is 6.42 Å². The largest absolute Gasteiger partial charge is 0.396 e. The smallest absolute Gasteiger partial charge is 0.225 e. The first-order valence-corrected chi connectivity index (χ1v) is 5.13. The van der Waals surface area contributed by atoms with Gasteiger partial charge >= 0.3 is 0 Å². The van der Waals surface area contributed by atoms with Crippen molar-refractivity contribution in [2.75, 3.05) is 11.9 Å². The summed E-state index contributed by atoms with van der Waals surface area (Å²) in [5.74, 6) is -0.0548. The number of aliphatic hydroxyl groups is 1. The normalized spacial score (nSPS) is 19.7. The van der Waals surface area contributed by atoms with Crippen LogP contribution in [0.15, 0.2) is 12.1 Å². The van der Waals surface area contributed by atoms with E-state index in [2.05, 4.69) is 5.32 Å². The van der Waals surface area contributed by atoms with Gasteiger partial charge in [0.25, 0.3) is 0 Å². The van der Waals surface area contributed by atoms with Gasteiger partial charge in [-0.3, -0.25) is 4.79 Å². The second kappa shape index (κ2) is 3.66. The van der Waals surface area contributed by atoms with Gasteiger partial charge in [-0.2, -0.15) is 0 Å². The number of carbonyl (C=O) groups is 1. The molecule has 0 fully saturated rings. The van der Waals surface area contributed by atoms with Crippen LogP contribution >= 0.6 is 0 Å². The van der Waals surface area contributed by atoms with Crippen molar-refractivity contribution in [1.29, 1.82) is 0 Å². The molecule has 1 aliphatic heterocycles. The van der Waals surface area contributed by atoms with Gasteiger partial charge in [-0.05, 0) is 25.0 Å². The van der Waals surface area contributed by atoms with Crippen molar-refractivity contribution in [1.82, 2.24) is 0 Å². The van der Waals surface area contributed by atoms with Crippen LogP contribution in [0.5, 0.6) is 0 Å². The van der Waals surface area contributed by atoms with E-state index in [4.69, 9.17) is 0 Å². The molecule has 1 aromatic rings. The van der Waals surface area contributed by atoms with E-state index in [-0.39, 0.29) is 18.4 Å². The van der Waals surface area contributed by atoms with Gasteiger partial charge in [0.15, 0.2) is 0 Å². The summed E-state index contributed by atoms with van der Waals surface area (Å²) in [6.07, 6.45) is 0.381. The van der Waals surface area contributed by atoms with Crippen molar-refractivity contribution in [3.8, 4) is 0 Å². The molecule has 2 N–H and O–H groups in total. The predicted molar refractivity (Wildman–Crippen MR) is 59.0 cm³/mol. The monoisotopic (exact) mass is 205 g/mol. The van der Waals surface area contributed by atoms with Gasteiger partial charge in [0.2, 0.25) is 5.91 Å². The molecule has 0 saturated heterocycles. The number of anilines is 1. The SMILES string of the molecule is Cc1cc(C)c2c(c1)C(CO)CC(=O)N2. The minimum atomic E-state index is -0.0488. The molecule has 1 heterocycles. The van der Waals surface area contributed by atoms with E-state index in [1.54, 1.807) is 0 Å². The van der Waals surface area contributed by atoms with Crippen LogP contribution in [0.1, 0.15) is 29.0 Å². The number of hydrogen-bond acceptors (Lipinski definition) is 2. The number of amides is 1. The quantitative estimate of drug-likeness (QED) is 0.733. The molecule has 0 bridgehead atoms. The zero-order valence-electron chi connectivity index (χ0n) is 9.00. The van der Waals surface area contributed by atoms with E-state index in [0.717, 1.165) is 16.8 Å². The second-order valence-corrected chi connectivity index (χ2v) is 4.18. The summed E-state index contributed by atoms with van der Waals surface area (Å²) < 4.78 is 0. The molecule has 0 saturated carbocycles. The number of aliphatic hydroxyl groups excluding tert-OH is 1. The molecule has 1 atom stereocenters. The van der Waals surface area contributed by atoms with E-state index < -0.39 is 0 Å². The number of aryl methyl sites for hydroxylation is 2. The van der Waals surface area contributed by atoms with E-state index >= 15 is 0 Å². The summed E-state index contributed by atoms with van der Waals surface area (Å²) in [7, 11) is 0. The Hall–Kier alpha value is -1.35. The molecular formula is C12H15NO2. The Morgan fingerprint density at radius 1 is 1.47 bits per heavy atom. The van der Waals surface area contributed by atoms with Gasteiger partial charge in [0.1, 0.15) is 0 Å². The molecule has 0 aromatic heterocycles. The minimum absolute atomic E-state index is 0.00602. The van der Waals surface area contributed by atoms with Crippen LogP contribution in [-0.2, 0) is 4.79 Å². The minimum Gasteiger partial charge on any atom is -0.396 e. The lowest BCUT2D eigenvalue weighted by atomic mass is 9.88. The lowest BCUT2D eigenvalue weighted by molar-refractivity contribution is -0.117. The maximum atomic E-state index is 11.4. The maximum absolute atomic E-state index is 11.4. The fourth-order valence-electron chi connectivity index (χ4n) is 2.18. The van der Waals surface area contributed by atoms with Gasteiger partial charge in [-0.25, -0.2) is 0 Å². The molecule has 1 unspecified atom stereocenters. The van der Waals surface area contributed by atoms with Crippen LogP contribution in [0, 0.1) is 13.8 Å². The zero-order chi connectivity index (χ0) is 11.0. The summed E-state index contributed by atoms with van der Waals surface area (Å²) in [6, 6.07) is 4.08. The molecule has 0 spiro atoms. The van der Waals surface area contributed by atoms with Crippen molar-refractivity contribution in [3.05, 3.63) is 28.8 Å². The highest BCUT2D eigenvalue weighted by molar-refractivity contribution is 5.95. The predicted octanol–water partition coefficient (Wildman–Crippen LogP) is 1.72. The van der Waals surface area contributed by atoms with E-state index in [9.17, 15) is 9.90 Å². The van der Waals surface area contributed by atoms with Crippen molar-refractivity contribution < 1.29 is 9.90 Å². The van der Waals surface area contributed by atoms with Crippen molar-refractivity contribution in [3.63, 3.8) is 0 Å². The maximum Gasteiger partial charge on any atom is 0.225 e. The Bertz CT molecular complexity index is 412. The third-order valence-electron chi connectivity index (χ3n) is 2.87. The Balaban J connectivity index is 2.55. The summed E-state index contributed by atoms with van der Waals surface area (Å²) in [6.45, 7) is 4.04. The highest BCUT2D eigenvalue weighted by Gasteiger charge is 2.25. The van der Waals surface area contributed by atoms with Crippen molar-refractivity contribution in [2.45, 2.75) is 26.2 Å². The molecule has 1 aliphatic rings. The van der Waals surface area contributed by atoms with Crippen LogP contribution in [0.25, 0.3) is 0 Å². The number of carbonyl (C=O) groups excluding carboxylic acids is 1. The fourth-order valence-corrected chi connectivity index (χ4v) is 2.18. The number of rotatable bonds is 1. The van der Waals surface area contributed by atoms with E-state index in [1.807, 2.05) is 26.0 Å². The van der Waals surface area contributed by atoms with Crippen LogP contribution < -0.4 is 5.32 Å². The summed E-state index contributed by atoms with van der Waals surface area (Å²) >= 11 is 0. The summed E-state index contributed by atoms with van der Waals surface area (Å²) in [5, 5.41) is 12.1. The van der Waals surface area contributed by atoms with Crippen LogP contribution in [0.2, 0.25) is 0 Å². The first-order chi connectivity index (χ1) is 7.11. The molecular weight excluding hydrogens is 190 g/mol. The molecule has 80 valence electrons. The molecule has 0 radical (unpaired) electrons. The molecule has 2 rings (SSSR count). The van der Waals surface area contributed by atoms with Gasteiger partial charge in [0, 0.05) is 18.0 Å². The average molecular weight is 205 g/mol. The third kappa shape index (κ3) is 1.75. The van der Waals surface area contributed by atoms with Gasteiger partial charge in [0.05, 0.1) is 6.61 Å². The summed E-state index contributed by atoms with van der Waals surface area (Å²) in [4.78, 5) is 11.4. The average Bonchev–Trinajstić information content (AvgIpc) is 2.18. The zero-order valence-corrected chi connectivity index (χ0v) is 9.00. The molecule has 15 heavy (non-hydrogen) atoms. The van der Waals surface area contributed by atoms with Crippen molar-refractivity contribution >= 4 is 11.6 Å². The number of hydrogen-bond donors (Lipinski definition) is 2. The first-order valence-electron chi connectivity index (χ1n) is 5.13. The molecule has 1 amide bonds. The Morgan fingerprint density at radius 3 is 2.87 bits per heavy atom. The Kier molecular flexibility index (Phi) is 2.49. The number of benzene rings is 1. The highest BCUT2D eigenvalue weighted by atomic mass is 16.3. The Morgan fingerprint density at radius 2 is 2.20 bits per heavy atom. The first kappa shape index (κ1) is 10.2. The fraction of sp³-hybridized carbons (Fsp3) is 0.417.